The summed E-state index contributed by atoms with van der Waals surface area (Å²) in [4.78, 5) is 7.86. The van der Waals surface area contributed by atoms with Crippen LogP contribution in [-0.2, 0) is 16.0 Å². The SMILES string of the molecule is [C-]#[N+]c1ccc(Nc2ccc3c(c2)COB3C)nc1OCCOCC. The van der Waals surface area contributed by atoms with E-state index in [0.29, 0.717) is 43.8 Å². The molecular formula is C18H20BN3O3. The average molecular weight is 337 g/mol. The average Bonchev–Trinajstić information content (AvgIpc) is 2.99. The van der Waals surface area contributed by atoms with Crippen molar-refractivity contribution in [2.75, 3.05) is 25.1 Å². The quantitative estimate of drug-likeness (QED) is 0.478. The standard InChI is InChI=1S/C18H20BN3O3/c1-4-23-9-10-24-18-16(20-3)7-8-17(22-18)21-14-5-6-15-13(11-14)12-25-19(15)2/h5-8,11H,4,9-10,12H2,1-2H3,(H,21,22). The van der Waals surface area contributed by atoms with Gasteiger partial charge in [0.15, 0.2) is 0 Å². The minimum atomic E-state index is 0.144. The summed E-state index contributed by atoms with van der Waals surface area (Å²) in [5.74, 6) is 0.948. The van der Waals surface area contributed by atoms with E-state index in [-0.39, 0.29) is 6.92 Å². The van der Waals surface area contributed by atoms with Gasteiger partial charge < -0.3 is 19.4 Å². The molecular weight excluding hydrogens is 317 g/mol. The number of benzene rings is 1. The number of hydrogen-bond acceptors (Lipinski definition) is 5. The molecule has 6 nitrogen and oxygen atoms in total. The van der Waals surface area contributed by atoms with Crippen molar-refractivity contribution in [3.63, 3.8) is 0 Å². The molecule has 0 fully saturated rings. The van der Waals surface area contributed by atoms with Crippen molar-refractivity contribution < 1.29 is 14.1 Å². The first-order valence-electron chi connectivity index (χ1n) is 8.31. The van der Waals surface area contributed by atoms with Crippen LogP contribution in [0.4, 0.5) is 17.2 Å². The molecule has 0 unspecified atom stereocenters. The van der Waals surface area contributed by atoms with E-state index in [1.807, 2.05) is 13.0 Å². The van der Waals surface area contributed by atoms with Crippen LogP contribution in [0.5, 0.6) is 5.88 Å². The van der Waals surface area contributed by atoms with Gasteiger partial charge in [0.2, 0.25) is 11.6 Å². The van der Waals surface area contributed by atoms with E-state index in [0.717, 1.165) is 5.69 Å². The molecule has 1 aromatic carbocycles. The maximum atomic E-state index is 7.23. The molecule has 1 aliphatic heterocycles. The predicted molar refractivity (Wildman–Crippen MR) is 98.3 cm³/mol. The highest BCUT2D eigenvalue weighted by atomic mass is 16.5. The molecule has 0 atom stereocenters. The Morgan fingerprint density at radius 3 is 3.00 bits per heavy atom. The Balaban J connectivity index is 1.73. The number of nitrogens with one attached hydrogen (secondary N) is 1. The van der Waals surface area contributed by atoms with Gasteiger partial charge in [-0.1, -0.05) is 12.9 Å². The first kappa shape index (κ1) is 17.3. The monoisotopic (exact) mass is 337 g/mol. The molecule has 1 N–H and O–H groups in total. The van der Waals surface area contributed by atoms with Crippen molar-refractivity contribution in [3.05, 3.63) is 47.3 Å². The number of rotatable bonds is 7. The number of anilines is 2. The molecule has 0 amide bonds. The Bertz CT molecular complexity index is 792. The van der Waals surface area contributed by atoms with Crippen molar-refractivity contribution >= 4 is 29.6 Å². The molecule has 0 radical (unpaired) electrons. The zero-order valence-corrected chi connectivity index (χ0v) is 14.4. The van der Waals surface area contributed by atoms with Crippen LogP contribution in [0.2, 0.25) is 6.82 Å². The topological polar surface area (TPSA) is 57.0 Å². The predicted octanol–water partition coefficient (Wildman–Crippen LogP) is 3.15. The normalized spacial score (nSPS) is 12.6. The lowest BCUT2D eigenvalue weighted by Crippen LogP contribution is -2.23. The summed E-state index contributed by atoms with van der Waals surface area (Å²) in [6.45, 7) is 13.4. The van der Waals surface area contributed by atoms with Crippen LogP contribution in [0.3, 0.4) is 0 Å². The Morgan fingerprint density at radius 2 is 2.20 bits per heavy atom. The van der Waals surface area contributed by atoms with Crippen LogP contribution in [-0.4, -0.2) is 31.7 Å². The molecule has 0 saturated heterocycles. The van der Waals surface area contributed by atoms with E-state index in [2.05, 4.69) is 34.1 Å². The van der Waals surface area contributed by atoms with Gasteiger partial charge in [-0.05, 0) is 42.2 Å². The molecule has 1 aromatic heterocycles. The Kier molecular flexibility index (Phi) is 5.54. The van der Waals surface area contributed by atoms with Crippen LogP contribution in [0, 0.1) is 6.57 Å². The smallest absolute Gasteiger partial charge is 0.324 e. The van der Waals surface area contributed by atoms with E-state index in [1.54, 1.807) is 12.1 Å². The molecule has 3 rings (SSSR count). The van der Waals surface area contributed by atoms with Crippen LogP contribution in [0.15, 0.2) is 30.3 Å². The minimum Gasteiger partial charge on any atom is -0.484 e. The van der Waals surface area contributed by atoms with Crippen LogP contribution >= 0.6 is 0 Å². The third-order valence-electron chi connectivity index (χ3n) is 3.97. The summed E-state index contributed by atoms with van der Waals surface area (Å²) in [7, 11) is 0. The number of nitrogens with zero attached hydrogens (tertiary/aromatic N) is 2. The van der Waals surface area contributed by atoms with Crippen molar-refractivity contribution in [2.45, 2.75) is 20.4 Å². The zero-order valence-electron chi connectivity index (χ0n) is 14.4. The van der Waals surface area contributed by atoms with Crippen LogP contribution < -0.4 is 15.5 Å². The fourth-order valence-electron chi connectivity index (χ4n) is 2.69. The Hall–Kier alpha value is -2.56. The van der Waals surface area contributed by atoms with Gasteiger partial charge in [0.1, 0.15) is 12.4 Å². The van der Waals surface area contributed by atoms with Crippen LogP contribution in [0.25, 0.3) is 4.85 Å². The highest BCUT2D eigenvalue weighted by molar-refractivity contribution is 6.67. The van der Waals surface area contributed by atoms with Gasteiger partial charge in [0.25, 0.3) is 0 Å². The Morgan fingerprint density at radius 1 is 1.32 bits per heavy atom. The lowest BCUT2D eigenvalue weighted by atomic mass is 9.64. The molecule has 2 aromatic rings. The summed E-state index contributed by atoms with van der Waals surface area (Å²) < 4.78 is 16.5. The molecule has 0 saturated carbocycles. The molecule has 0 spiro atoms. The molecule has 128 valence electrons. The molecule has 0 bridgehead atoms. The first-order valence-corrected chi connectivity index (χ1v) is 8.31. The number of hydrogen-bond donors (Lipinski definition) is 1. The van der Waals surface area contributed by atoms with Gasteiger partial charge in [0, 0.05) is 12.3 Å². The van der Waals surface area contributed by atoms with Crippen molar-refractivity contribution in [3.8, 4) is 5.88 Å². The number of pyridine rings is 1. The molecule has 25 heavy (non-hydrogen) atoms. The van der Waals surface area contributed by atoms with E-state index < -0.39 is 0 Å². The van der Waals surface area contributed by atoms with E-state index in [4.69, 9.17) is 20.7 Å². The van der Waals surface area contributed by atoms with Gasteiger partial charge in [-0.3, -0.25) is 0 Å². The third kappa shape index (κ3) is 4.10. The maximum Gasteiger partial charge on any atom is 0.324 e. The summed E-state index contributed by atoms with van der Waals surface area (Å²) in [6, 6.07) is 9.62. The summed E-state index contributed by atoms with van der Waals surface area (Å²) in [5, 5.41) is 3.26. The second-order valence-electron chi connectivity index (χ2n) is 5.67. The van der Waals surface area contributed by atoms with Crippen LogP contribution in [0.1, 0.15) is 12.5 Å². The molecule has 2 heterocycles. The van der Waals surface area contributed by atoms with Gasteiger partial charge in [-0.15, -0.1) is 0 Å². The lowest BCUT2D eigenvalue weighted by molar-refractivity contribution is 0.109. The van der Waals surface area contributed by atoms with E-state index >= 15 is 0 Å². The number of ether oxygens (including phenoxy) is 2. The lowest BCUT2D eigenvalue weighted by Gasteiger charge is -2.11. The molecule has 7 heteroatoms. The number of aromatic nitrogens is 1. The van der Waals surface area contributed by atoms with Crippen molar-refractivity contribution in [1.29, 1.82) is 0 Å². The summed E-state index contributed by atoms with van der Waals surface area (Å²) in [6.07, 6.45) is 0. The van der Waals surface area contributed by atoms with E-state index in [1.165, 1.54) is 11.0 Å². The Labute approximate surface area is 148 Å². The van der Waals surface area contributed by atoms with Gasteiger partial charge in [-0.25, -0.2) is 9.83 Å². The molecule has 0 aliphatic carbocycles. The number of fused-ring (bicyclic) bond motifs is 1. The fraction of sp³-hybridized carbons (Fsp3) is 0.333. The third-order valence-corrected chi connectivity index (χ3v) is 3.97. The largest absolute Gasteiger partial charge is 0.484 e. The highest BCUT2D eigenvalue weighted by Crippen LogP contribution is 2.28. The van der Waals surface area contributed by atoms with E-state index in [9.17, 15) is 0 Å². The molecule has 1 aliphatic rings. The van der Waals surface area contributed by atoms with Gasteiger partial charge >= 0.3 is 6.92 Å². The first-order chi connectivity index (χ1) is 12.2. The van der Waals surface area contributed by atoms with Gasteiger partial charge in [-0.2, -0.15) is 0 Å². The van der Waals surface area contributed by atoms with Crippen molar-refractivity contribution in [1.82, 2.24) is 4.98 Å². The second kappa shape index (κ2) is 8.01. The summed E-state index contributed by atoms with van der Waals surface area (Å²) >= 11 is 0. The van der Waals surface area contributed by atoms with Crippen molar-refractivity contribution in [2.24, 2.45) is 0 Å². The second-order valence-corrected chi connectivity index (χ2v) is 5.67. The zero-order chi connectivity index (χ0) is 17.6. The fourth-order valence-corrected chi connectivity index (χ4v) is 2.69. The maximum absolute atomic E-state index is 7.23. The highest BCUT2D eigenvalue weighted by Gasteiger charge is 2.23. The van der Waals surface area contributed by atoms with Gasteiger partial charge in [0.05, 0.1) is 19.8 Å². The minimum absolute atomic E-state index is 0.144. The summed E-state index contributed by atoms with van der Waals surface area (Å²) in [5.41, 5.74) is 3.73.